The van der Waals surface area contributed by atoms with Crippen LogP contribution in [0.2, 0.25) is 0 Å². The number of ether oxygens (including phenoxy) is 1. The summed E-state index contributed by atoms with van der Waals surface area (Å²) in [5.74, 6) is -1.47. The van der Waals surface area contributed by atoms with Crippen molar-refractivity contribution in [3.05, 3.63) is 30.1 Å². The molecular weight excluding hydrogens is 377 g/mol. The molecule has 0 unspecified atom stereocenters. The Balaban J connectivity index is 1.71. The second-order valence-corrected chi connectivity index (χ2v) is 8.88. The van der Waals surface area contributed by atoms with Crippen LogP contribution in [-0.4, -0.2) is 87.0 Å². The molecule has 0 bridgehead atoms. The Hall–Kier alpha value is -2.04. The molecule has 10 heteroatoms. The van der Waals surface area contributed by atoms with Gasteiger partial charge in [0.1, 0.15) is 12.4 Å². The number of nitrogens with one attached hydrogen (secondary N) is 1. The molecule has 0 saturated carbocycles. The highest BCUT2D eigenvalue weighted by molar-refractivity contribution is 7.91. The molecule has 0 radical (unpaired) electrons. The van der Waals surface area contributed by atoms with Gasteiger partial charge in [0, 0.05) is 26.2 Å². The first-order valence-corrected chi connectivity index (χ1v) is 10.4. The maximum Gasteiger partial charge on any atom is 0.248 e. The van der Waals surface area contributed by atoms with E-state index in [1.807, 2.05) is 0 Å². The number of halogens is 1. The third-order valence-corrected chi connectivity index (χ3v) is 6.57. The quantitative estimate of drug-likeness (QED) is 0.732. The fraction of sp³-hybridized carbons (Fsp3) is 0.529. The van der Waals surface area contributed by atoms with Crippen molar-refractivity contribution in [2.45, 2.75) is 12.1 Å². The van der Waals surface area contributed by atoms with Crippen LogP contribution in [0.3, 0.4) is 0 Å². The first kappa shape index (κ1) is 19.7. The third-order valence-electron chi connectivity index (χ3n) is 4.87. The lowest BCUT2D eigenvalue weighted by atomic mass is 10.0. The third kappa shape index (κ3) is 4.45. The van der Waals surface area contributed by atoms with E-state index in [1.165, 1.54) is 30.2 Å². The number of benzene rings is 1. The Morgan fingerprint density at radius 1 is 1.22 bits per heavy atom. The van der Waals surface area contributed by atoms with Crippen molar-refractivity contribution in [1.82, 2.24) is 9.80 Å². The van der Waals surface area contributed by atoms with Crippen molar-refractivity contribution in [3.8, 4) is 0 Å². The molecule has 148 valence electrons. The minimum Gasteiger partial charge on any atom is -0.375 e. The minimum atomic E-state index is -3.31. The molecule has 2 aliphatic rings. The van der Waals surface area contributed by atoms with Crippen LogP contribution in [0, 0.1) is 5.82 Å². The van der Waals surface area contributed by atoms with Gasteiger partial charge in [0.2, 0.25) is 11.8 Å². The van der Waals surface area contributed by atoms with Crippen molar-refractivity contribution >= 4 is 27.3 Å². The Kier molecular flexibility index (Phi) is 5.78. The molecule has 0 spiro atoms. The van der Waals surface area contributed by atoms with Crippen LogP contribution >= 0.6 is 0 Å². The largest absolute Gasteiger partial charge is 0.375 e. The normalized spacial score (nSPS) is 24.4. The number of amides is 2. The van der Waals surface area contributed by atoms with Gasteiger partial charge < -0.3 is 15.0 Å². The zero-order valence-corrected chi connectivity index (χ0v) is 15.7. The summed E-state index contributed by atoms with van der Waals surface area (Å²) in [7, 11) is -1.91. The van der Waals surface area contributed by atoms with Gasteiger partial charge in [-0.05, 0) is 12.1 Å². The van der Waals surface area contributed by atoms with E-state index >= 15 is 0 Å². The number of sulfone groups is 1. The number of carbonyl (C=O) groups excluding carboxylic acids is 2. The second-order valence-electron chi connectivity index (χ2n) is 6.73. The van der Waals surface area contributed by atoms with E-state index in [0.29, 0.717) is 13.1 Å². The summed E-state index contributed by atoms with van der Waals surface area (Å²) < 4.78 is 42.9. The zero-order valence-electron chi connectivity index (χ0n) is 14.9. The number of hydrogen-bond acceptors (Lipinski definition) is 6. The van der Waals surface area contributed by atoms with Crippen LogP contribution < -0.4 is 5.32 Å². The summed E-state index contributed by atoms with van der Waals surface area (Å²) in [5.41, 5.74) is 0.0759. The molecule has 1 aromatic rings. The predicted molar refractivity (Wildman–Crippen MR) is 96.4 cm³/mol. The summed E-state index contributed by atoms with van der Waals surface area (Å²) in [5, 5.41) is 2.51. The molecule has 3 rings (SSSR count). The second kappa shape index (κ2) is 7.91. The highest BCUT2D eigenvalue weighted by atomic mass is 32.2. The number of rotatable bonds is 5. The van der Waals surface area contributed by atoms with Gasteiger partial charge in [0.15, 0.2) is 9.84 Å². The molecule has 1 aromatic carbocycles. The Morgan fingerprint density at radius 2 is 1.93 bits per heavy atom. The SMILES string of the molecule is COCC(=O)N1CCN(CC(=O)Nc2ccccc2F)[C@@H]2CS(=O)(=O)C[C@@H]21. The van der Waals surface area contributed by atoms with Gasteiger partial charge in [0.05, 0.1) is 29.8 Å². The monoisotopic (exact) mass is 399 g/mol. The van der Waals surface area contributed by atoms with Crippen molar-refractivity contribution < 1.29 is 27.1 Å². The summed E-state index contributed by atoms with van der Waals surface area (Å²) >= 11 is 0. The maximum absolute atomic E-state index is 13.7. The highest BCUT2D eigenvalue weighted by Gasteiger charge is 2.48. The standard InChI is InChI=1S/C17H22FN3O5S/c1-26-9-17(23)21-7-6-20(14-10-27(24,25)11-15(14)21)8-16(22)19-13-5-3-2-4-12(13)18/h2-5,14-15H,6-11H2,1H3,(H,19,22)/t14-,15+/m1/s1. The van der Waals surface area contributed by atoms with Crippen molar-refractivity contribution in [3.63, 3.8) is 0 Å². The van der Waals surface area contributed by atoms with Gasteiger partial charge >= 0.3 is 0 Å². The molecule has 2 aliphatic heterocycles. The lowest BCUT2D eigenvalue weighted by Crippen LogP contribution is -2.62. The van der Waals surface area contributed by atoms with E-state index < -0.39 is 33.6 Å². The van der Waals surface area contributed by atoms with Crippen LogP contribution in [0.25, 0.3) is 0 Å². The van der Waals surface area contributed by atoms with E-state index in [2.05, 4.69) is 5.32 Å². The molecular formula is C17H22FN3O5S. The van der Waals surface area contributed by atoms with Crippen molar-refractivity contribution in [2.75, 3.05) is 50.2 Å². The number of carbonyl (C=O) groups is 2. The molecule has 8 nitrogen and oxygen atoms in total. The molecule has 2 atom stereocenters. The van der Waals surface area contributed by atoms with Gasteiger partial charge in [-0.2, -0.15) is 0 Å². The Labute approximate surface area is 157 Å². The van der Waals surface area contributed by atoms with Gasteiger partial charge in [-0.3, -0.25) is 14.5 Å². The van der Waals surface area contributed by atoms with Crippen LogP contribution in [0.15, 0.2) is 24.3 Å². The van der Waals surface area contributed by atoms with Crippen molar-refractivity contribution in [2.24, 2.45) is 0 Å². The molecule has 2 saturated heterocycles. The Bertz CT molecular complexity index is 832. The van der Waals surface area contributed by atoms with Gasteiger partial charge in [-0.25, -0.2) is 12.8 Å². The number of methoxy groups -OCH3 is 1. The summed E-state index contributed by atoms with van der Waals surface area (Å²) in [6.45, 7) is 0.483. The number of piperazine rings is 1. The van der Waals surface area contributed by atoms with Crippen molar-refractivity contribution in [1.29, 1.82) is 0 Å². The van der Waals surface area contributed by atoms with Crippen LogP contribution in [-0.2, 0) is 24.2 Å². The molecule has 2 fully saturated rings. The highest BCUT2D eigenvalue weighted by Crippen LogP contribution is 2.27. The average molecular weight is 399 g/mol. The fourth-order valence-corrected chi connectivity index (χ4v) is 5.69. The fourth-order valence-electron chi connectivity index (χ4n) is 3.67. The summed E-state index contributed by atoms with van der Waals surface area (Å²) in [6.07, 6.45) is 0. The first-order chi connectivity index (χ1) is 12.8. The average Bonchev–Trinajstić information content (AvgIpc) is 2.93. The van der Waals surface area contributed by atoms with Gasteiger partial charge in [-0.1, -0.05) is 12.1 Å². The van der Waals surface area contributed by atoms with E-state index in [-0.39, 0.29) is 36.3 Å². The molecule has 27 heavy (non-hydrogen) atoms. The van der Waals surface area contributed by atoms with Gasteiger partial charge in [0.25, 0.3) is 0 Å². The minimum absolute atomic E-state index is 0.0721. The molecule has 2 amide bonds. The first-order valence-electron chi connectivity index (χ1n) is 8.58. The van der Waals surface area contributed by atoms with E-state index in [9.17, 15) is 22.4 Å². The van der Waals surface area contributed by atoms with E-state index in [4.69, 9.17) is 4.74 Å². The van der Waals surface area contributed by atoms with E-state index in [1.54, 1.807) is 11.0 Å². The number of fused-ring (bicyclic) bond motifs is 1. The van der Waals surface area contributed by atoms with E-state index in [0.717, 1.165) is 0 Å². The zero-order chi connectivity index (χ0) is 19.6. The lowest BCUT2D eigenvalue weighted by molar-refractivity contribution is -0.141. The Morgan fingerprint density at radius 3 is 2.63 bits per heavy atom. The predicted octanol–water partition coefficient (Wildman–Crippen LogP) is -0.280. The number of anilines is 1. The maximum atomic E-state index is 13.7. The summed E-state index contributed by atoms with van der Waals surface area (Å²) in [4.78, 5) is 27.8. The smallest absolute Gasteiger partial charge is 0.248 e. The number of para-hydroxylation sites is 1. The summed E-state index contributed by atoms with van der Waals surface area (Å²) in [6, 6.07) is 4.86. The van der Waals surface area contributed by atoms with Crippen LogP contribution in [0.1, 0.15) is 0 Å². The number of hydrogen-bond donors (Lipinski definition) is 1. The lowest BCUT2D eigenvalue weighted by Gasteiger charge is -2.43. The van der Waals surface area contributed by atoms with Crippen LogP contribution in [0.4, 0.5) is 10.1 Å². The van der Waals surface area contributed by atoms with Gasteiger partial charge in [-0.15, -0.1) is 0 Å². The molecule has 0 aliphatic carbocycles. The topological polar surface area (TPSA) is 96.0 Å². The molecule has 1 N–H and O–H groups in total. The molecule has 0 aromatic heterocycles. The molecule has 2 heterocycles. The number of nitrogens with zero attached hydrogens (tertiary/aromatic N) is 2. The van der Waals surface area contributed by atoms with Crippen LogP contribution in [0.5, 0.6) is 0 Å².